The third kappa shape index (κ3) is 10.4. The monoisotopic (exact) mass is 878 g/mol. The summed E-state index contributed by atoms with van der Waals surface area (Å²) >= 11 is 0. The van der Waals surface area contributed by atoms with Crippen molar-refractivity contribution in [2.24, 2.45) is 0 Å². The molecule has 8 aromatic rings. The first-order valence-corrected chi connectivity index (χ1v) is 20.0. The highest BCUT2D eigenvalue weighted by Crippen LogP contribution is 2.30. The number of benzene rings is 4. The zero-order chi connectivity index (χ0) is 46.0. The lowest BCUT2D eigenvalue weighted by molar-refractivity contribution is -0.113. The maximum atomic E-state index is 13.2. The minimum Gasteiger partial charge on any atom is -0.493 e. The molecule has 4 aromatic carbocycles. The van der Waals surface area contributed by atoms with Crippen LogP contribution in [0.1, 0.15) is 49.1 Å². The number of ketones is 2. The molecule has 328 valence electrons. The van der Waals surface area contributed by atoms with Crippen LogP contribution in [-0.2, 0) is 27.4 Å². The molecule has 8 rings (SSSR count). The van der Waals surface area contributed by atoms with Gasteiger partial charge in [0.1, 0.15) is 22.9 Å². The van der Waals surface area contributed by atoms with Gasteiger partial charge in [-0.15, -0.1) is 0 Å². The van der Waals surface area contributed by atoms with Gasteiger partial charge in [-0.3, -0.25) is 19.2 Å². The molecule has 0 aliphatic rings. The standard InChI is InChI=1S/C25H20FN3O4.C24H20FN3O4/c1-2-33-25(32)17-7-11-19(12-8-17)28-24(31)22(30)21-15-29(23-20(21)4-3-13-27-23)14-16-5-9-18(26)10-6-16;1-31-20-10-9-17(12-21(20)32-2)27-24(30)22(29)19-14-28(23-18(19)4-3-11-26-23)13-15-5-7-16(25)8-6-15/h3-13,15H,2,14H2,1H3,(H,28,31);3-12,14H,13H2,1-2H3,(H,27,30). The van der Waals surface area contributed by atoms with Crippen LogP contribution >= 0.6 is 0 Å². The molecule has 0 atom stereocenters. The molecule has 0 saturated carbocycles. The van der Waals surface area contributed by atoms with Crippen molar-refractivity contribution in [1.29, 1.82) is 0 Å². The van der Waals surface area contributed by atoms with Crippen LogP contribution < -0.4 is 20.1 Å². The number of rotatable bonds is 14. The largest absolute Gasteiger partial charge is 0.493 e. The van der Waals surface area contributed by atoms with Gasteiger partial charge in [0.05, 0.1) is 37.5 Å². The fourth-order valence-corrected chi connectivity index (χ4v) is 6.86. The number of amides is 2. The van der Waals surface area contributed by atoms with E-state index < -0.39 is 29.4 Å². The smallest absolute Gasteiger partial charge is 0.338 e. The fourth-order valence-electron chi connectivity index (χ4n) is 6.86. The Bertz CT molecular complexity index is 3040. The predicted octanol–water partition coefficient (Wildman–Crippen LogP) is 8.28. The Hall–Kier alpha value is -8.53. The summed E-state index contributed by atoms with van der Waals surface area (Å²) in [5.41, 5.74) is 4.30. The van der Waals surface area contributed by atoms with Gasteiger partial charge in [-0.05, 0) is 103 Å². The average molecular weight is 879 g/mol. The molecular weight excluding hydrogens is 839 g/mol. The van der Waals surface area contributed by atoms with Crippen molar-refractivity contribution in [1.82, 2.24) is 19.1 Å². The number of carbonyl (C=O) groups is 5. The Balaban J connectivity index is 0.000000194. The van der Waals surface area contributed by atoms with Crippen LogP contribution in [0.5, 0.6) is 11.5 Å². The highest BCUT2D eigenvalue weighted by Gasteiger charge is 2.24. The molecule has 0 aliphatic heterocycles. The number of methoxy groups -OCH3 is 2. The molecule has 0 spiro atoms. The number of carbonyl (C=O) groups excluding carboxylic acids is 5. The van der Waals surface area contributed by atoms with Crippen molar-refractivity contribution in [2.75, 3.05) is 31.5 Å². The van der Waals surface area contributed by atoms with Crippen LogP contribution in [0.25, 0.3) is 22.1 Å². The molecule has 0 radical (unpaired) electrons. The van der Waals surface area contributed by atoms with E-state index in [0.29, 0.717) is 63.6 Å². The summed E-state index contributed by atoms with van der Waals surface area (Å²) in [4.78, 5) is 71.8. The van der Waals surface area contributed by atoms with E-state index in [9.17, 15) is 32.8 Å². The normalized spacial score (nSPS) is 10.7. The summed E-state index contributed by atoms with van der Waals surface area (Å²) in [6.07, 6.45) is 6.38. The van der Waals surface area contributed by atoms with Crippen molar-refractivity contribution in [2.45, 2.75) is 20.0 Å². The summed E-state index contributed by atoms with van der Waals surface area (Å²) in [6, 6.07) is 29.8. The number of nitrogens with one attached hydrogen (secondary N) is 2. The van der Waals surface area contributed by atoms with Crippen molar-refractivity contribution in [3.8, 4) is 11.5 Å². The second-order valence-corrected chi connectivity index (χ2v) is 14.3. The van der Waals surface area contributed by atoms with Gasteiger partial charge in [0.2, 0.25) is 0 Å². The van der Waals surface area contributed by atoms with E-state index in [1.807, 2.05) is 0 Å². The Labute approximate surface area is 370 Å². The van der Waals surface area contributed by atoms with Gasteiger partial charge < -0.3 is 34.0 Å². The van der Waals surface area contributed by atoms with E-state index in [2.05, 4.69) is 20.6 Å². The molecule has 4 aromatic heterocycles. The number of esters is 1. The Morgan fingerprint density at radius 1 is 0.585 bits per heavy atom. The number of fused-ring (bicyclic) bond motifs is 2. The number of hydrogen-bond donors (Lipinski definition) is 2. The summed E-state index contributed by atoms with van der Waals surface area (Å²) in [6.45, 7) is 2.70. The number of pyridine rings is 2. The maximum absolute atomic E-state index is 13.2. The summed E-state index contributed by atoms with van der Waals surface area (Å²) < 4.78 is 45.3. The third-order valence-electron chi connectivity index (χ3n) is 10.00. The molecule has 65 heavy (non-hydrogen) atoms. The first kappa shape index (κ1) is 44.5. The van der Waals surface area contributed by atoms with Crippen LogP contribution in [0.2, 0.25) is 0 Å². The minimum absolute atomic E-state index is 0.209. The molecule has 0 saturated heterocycles. The molecule has 0 unspecified atom stereocenters. The molecular formula is C49H40F2N6O8. The van der Waals surface area contributed by atoms with Gasteiger partial charge in [0.25, 0.3) is 23.4 Å². The lowest BCUT2D eigenvalue weighted by Gasteiger charge is -2.10. The molecule has 0 fully saturated rings. The van der Waals surface area contributed by atoms with Crippen molar-refractivity contribution in [3.05, 3.63) is 180 Å². The van der Waals surface area contributed by atoms with Gasteiger partial charge in [-0.1, -0.05) is 24.3 Å². The van der Waals surface area contributed by atoms with Gasteiger partial charge in [0.15, 0.2) is 11.5 Å². The molecule has 2 amide bonds. The Kier molecular flexibility index (Phi) is 13.8. The number of hydrogen-bond acceptors (Lipinski definition) is 10. The van der Waals surface area contributed by atoms with Gasteiger partial charge in [-0.2, -0.15) is 0 Å². The maximum Gasteiger partial charge on any atom is 0.338 e. The van der Waals surface area contributed by atoms with E-state index in [4.69, 9.17) is 14.2 Å². The average Bonchev–Trinajstić information content (AvgIpc) is 3.88. The second-order valence-electron chi connectivity index (χ2n) is 14.3. The molecule has 16 heteroatoms. The van der Waals surface area contributed by atoms with Gasteiger partial charge in [-0.25, -0.2) is 23.5 Å². The van der Waals surface area contributed by atoms with Crippen LogP contribution in [0, 0.1) is 11.6 Å². The summed E-state index contributed by atoms with van der Waals surface area (Å²) in [5.74, 6) is -3.22. The number of Topliss-reactive ketones (excluding diaryl/α,β-unsaturated/α-hetero) is 2. The fraction of sp³-hybridized carbons (Fsp3) is 0.122. The Morgan fingerprint density at radius 3 is 1.51 bits per heavy atom. The topological polar surface area (TPSA) is 173 Å². The van der Waals surface area contributed by atoms with E-state index in [1.165, 1.54) is 62.8 Å². The van der Waals surface area contributed by atoms with E-state index >= 15 is 0 Å². The predicted molar refractivity (Wildman–Crippen MR) is 238 cm³/mol. The number of anilines is 2. The molecule has 2 N–H and O–H groups in total. The van der Waals surface area contributed by atoms with Crippen molar-refractivity contribution in [3.63, 3.8) is 0 Å². The lowest BCUT2D eigenvalue weighted by Crippen LogP contribution is -2.22. The molecule has 0 bridgehead atoms. The molecule has 14 nitrogen and oxygen atoms in total. The van der Waals surface area contributed by atoms with E-state index in [-0.39, 0.29) is 29.4 Å². The zero-order valence-corrected chi connectivity index (χ0v) is 35.2. The van der Waals surface area contributed by atoms with Crippen LogP contribution in [0.4, 0.5) is 20.2 Å². The van der Waals surface area contributed by atoms with Crippen LogP contribution in [0.15, 0.2) is 140 Å². The van der Waals surface area contributed by atoms with E-state index in [1.54, 1.807) is 108 Å². The number of nitrogens with zero attached hydrogens (tertiary/aromatic N) is 4. The zero-order valence-electron chi connectivity index (χ0n) is 35.2. The lowest BCUT2D eigenvalue weighted by atomic mass is 10.1. The van der Waals surface area contributed by atoms with Crippen molar-refractivity contribution >= 4 is 62.8 Å². The number of aromatic nitrogens is 4. The van der Waals surface area contributed by atoms with Gasteiger partial charge in [0, 0.05) is 66.1 Å². The van der Waals surface area contributed by atoms with Gasteiger partial charge >= 0.3 is 5.97 Å². The van der Waals surface area contributed by atoms with Crippen molar-refractivity contribution < 1.29 is 47.0 Å². The Morgan fingerprint density at radius 2 is 1.05 bits per heavy atom. The quantitative estimate of drug-likeness (QED) is 0.0615. The SMILES string of the molecule is CCOC(=O)c1ccc(NC(=O)C(=O)c2cn(Cc3ccc(F)cc3)c3ncccc23)cc1.COc1ccc(NC(=O)C(=O)c2cn(Cc3ccc(F)cc3)c3ncccc23)cc1OC. The highest BCUT2D eigenvalue weighted by molar-refractivity contribution is 6.49. The summed E-state index contributed by atoms with van der Waals surface area (Å²) in [5, 5.41) is 6.25. The first-order valence-electron chi connectivity index (χ1n) is 20.0. The minimum atomic E-state index is -0.816. The second kappa shape index (κ2) is 20.1. The number of halogens is 2. The number of ether oxygens (including phenoxy) is 3. The highest BCUT2D eigenvalue weighted by atomic mass is 19.1. The van der Waals surface area contributed by atoms with Crippen LogP contribution in [-0.4, -0.2) is 69.3 Å². The van der Waals surface area contributed by atoms with Crippen LogP contribution in [0.3, 0.4) is 0 Å². The summed E-state index contributed by atoms with van der Waals surface area (Å²) in [7, 11) is 2.99. The molecule has 0 aliphatic carbocycles. The van der Waals surface area contributed by atoms with E-state index in [0.717, 1.165) is 11.1 Å². The molecule has 4 heterocycles. The third-order valence-corrected chi connectivity index (χ3v) is 10.00. The first-order chi connectivity index (χ1) is 31.5.